The fraction of sp³-hybridized carbons (Fsp3) is 0.294. The minimum Gasteiger partial charge on any atom is -0.494 e. The van der Waals surface area contributed by atoms with Crippen LogP contribution in [0.5, 0.6) is 5.75 Å². The fourth-order valence-corrected chi connectivity index (χ4v) is 2.36. The highest BCUT2D eigenvalue weighted by molar-refractivity contribution is 5.38. The van der Waals surface area contributed by atoms with Gasteiger partial charge in [0.2, 0.25) is 0 Å². The predicted molar refractivity (Wildman–Crippen MR) is 79.6 cm³/mol. The molecule has 0 fully saturated rings. The maximum Gasteiger partial charge on any atom is 0.165 e. The van der Waals surface area contributed by atoms with Crippen LogP contribution in [0.2, 0.25) is 0 Å². The van der Waals surface area contributed by atoms with Crippen LogP contribution in [0, 0.1) is 18.6 Å². The third-order valence-electron chi connectivity index (χ3n) is 3.38. The molecule has 2 aromatic carbocycles. The molecule has 0 amide bonds. The van der Waals surface area contributed by atoms with E-state index in [1.807, 2.05) is 13.8 Å². The van der Waals surface area contributed by atoms with E-state index in [-0.39, 0.29) is 11.6 Å². The zero-order valence-electron chi connectivity index (χ0n) is 12.4. The number of hydrogen-bond acceptors (Lipinski definition) is 2. The van der Waals surface area contributed by atoms with Gasteiger partial charge in [-0.05, 0) is 37.2 Å². The van der Waals surface area contributed by atoms with Crippen LogP contribution < -0.4 is 10.1 Å². The van der Waals surface area contributed by atoms with Gasteiger partial charge in [-0.2, -0.15) is 0 Å². The van der Waals surface area contributed by atoms with Crippen LogP contribution in [0.15, 0.2) is 36.4 Å². The van der Waals surface area contributed by atoms with Gasteiger partial charge < -0.3 is 10.1 Å². The van der Waals surface area contributed by atoms with Gasteiger partial charge in [0.05, 0.1) is 13.2 Å². The molecule has 1 atom stereocenters. The molecule has 2 rings (SSSR count). The second kappa shape index (κ2) is 6.68. The normalized spacial score (nSPS) is 12.2. The van der Waals surface area contributed by atoms with Crippen molar-refractivity contribution in [3.05, 3.63) is 64.7 Å². The second-order valence-corrected chi connectivity index (χ2v) is 4.91. The summed E-state index contributed by atoms with van der Waals surface area (Å²) in [4.78, 5) is 0. The molecule has 21 heavy (non-hydrogen) atoms. The molecule has 0 heterocycles. The molecular formula is C17H19F2NO. The first-order valence-electron chi connectivity index (χ1n) is 6.89. The molecule has 0 spiro atoms. The molecule has 0 saturated carbocycles. The van der Waals surface area contributed by atoms with Crippen LogP contribution in [-0.2, 0) is 0 Å². The summed E-state index contributed by atoms with van der Waals surface area (Å²) < 4.78 is 32.9. The standard InChI is InChI=1S/C17H19F2NO/c1-4-20-17(13-9-11(2)5-7-14(13)18)12-6-8-16(21-3)15(19)10-12/h5-10,17,20H,4H2,1-3H3. The monoisotopic (exact) mass is 291 g/mol. The third kappa shape index (κ3) is 3.39. The molecule has 0 bridgehead atoms. The molecule has 2 aromatic rings. The highest BCUT2D eigenvalue weighted by Gasteiger charge is 2.18. The van der Waals surface area contributed by atoms with E-state index in [1.165, 1.54) is 19.2 Å². The minimum atomic E-state index is -0.453. The Bertz CT molecular complexity index is 628. The maximum atomic E-state index is 14.1. The molecule has 0 radical (unpaired) electrons. The van der Waals surface area contributed by atoms with E-state index in [1.54, 1.807) is 24.3 Å². The van der Waals surface area contributed by atoms with E-state index in [0.717, 1.165) is 5.56 Å². The number of methoxy groups -OCH3 is 1. The lowest BCUT2D eigenvalue weighted by atomic mass is 9.96. The topological polar surface area (TPSA) is 21.3 Å². The number of benzene rings is 2. The van der Waals surface area contributed by atoms with E-state index in [2.05, 4.69) is 5.32 Å². The zero-order chi connectivity index (χ0) is 15.4. The van der Waals surface area contributed by atoms with Crippen molar-refractivity contribution >= 4 is 0 Å². The predicted octanol–water partition coefficient (Wildman–Crippen LogP) is 3.98. The highest BCUT2D eigenvalue weighted by atomic mass is 19.1. The van der Waals surface area contributed by atoms with E-state index in [4.69, 9.17) is 4.74 Å². The van der Waals surface area contributed by atoms with Gasteiger partial charge in [0.1, 0.15) is 5.82 Å². The Kier molecular flexibility index (Phi) is 4.91. The average Bonchev–Trinajstić information content (AvgIpc) is 2.47. The Morgan fingerprint density at radius 1 is 1.10 bits per heavy atom. The van der Waals surface area contributed by atoms with Gasteiger partial charge in [-0.15, -0.1) is 0 Å². The van der Waals surface area contributed by atoms with Gasteiger partial charge in [-0.3, -0.25) is 0 Å². The molecule has 0 saturated heterocycles. The van der Waals surface area contributed by atoms with Crippen LogP contribution >= 0.6 is 0 Å². The van der Waals surface area contributed by atoms with Crippen LogP contribution in [-0.4, -0.2) is 13.7 Å². The fourth-order valence-electron chi connectivity index (χ4n) is 2.36. The van der Waals surface area contributed by atoms with E-state index >= 15 is 0 Å². The molecule has 0 aliphatic rings. The SMILES string of the molecule is CCNC(c1ccc(OC)c(F)c1)c1cc(C)ccc1F. The van der Waals surface area contributed by atoms with Crippen LogP contribution in [0.3, 0.4) is 0 Å². The van der Waals surface area contributed by atoms with Crippen molar-refractivity contribution in [1.82, 2.24) is 5.32 Å². The van der Waals surface area contributed by atoms with Crippen molar-refractivity contribution in [1.29, 1.82) is 0 Å². The van der Waals surface area contributed by atoms with Gasteiger partial charge in [-0.25, -0.2) is 8.78 Å². The second-order valence-electron chi connectivity index (χ2n) is 4.91. The summed E-state index contributed by atoms with van der Waals surface area (Å²) in [6.07, 6.45) is 0. The summed E-state index contributed by atoms with van der Waals surface area (Å²) in [7, 11) is 1.42. The van der Waals surface area contributed by atoms with Gasteiger partial charge in [-0.1, -0.05) is 30.7 Å². The summed E-state index contributed by atoms with van der Waals surface area (Å²) in [5.74, 6) is -0.576. The molecule has 0 aliphatic heterocycles. The molecular weight excluding hydrogens is 272 g/mol. The lowest BCUT2D eigenvalue weighted by molar-refractivity contribution is 0.385. The first kappa shape index (κ1) is 15.4. The van der Waals surface area contributed by atoms with Crippen molar-refractivity contribution in [2.24, 2.45) is 0 Å². The molecule has 112 valence electrons. The first-order chi connectivity index (χ1) is 10.1. The summed E-state index contributed by atoms with van der Waals surface area (Å²) in [5.41, 5.74) is 2.14. The van der Waals surface area contributed by atoms with Crippen LogP contribution in [0.1, 0.15) is 29.7 Å². The Balaban J connectivity index is 2.48. The minimum absolute atomic E-state index is 0.179. The van der Waals surface area contributed by atoms with Crippen molar-refractivity contribution < 1.29 is 13.5 Å². The zero-order valence-corrected chi connectivity index (χ0v) is 12.4. The van der Waals surface area contributed by atoms with Gasteiger partial charge in [0.25, 0.3) is 0 Å². The van der Waals surface area contributed by atoms with Crippen molar-refractivity contribution in [3.63, 3.8) is 0 Å². The first-order valence-corrected chi connectivity index (χ1v) is 6.89. The summed E-state index contributed by atoms with van der Waals surface area (Å²) in [5, 5.41) is 3.20. The van der Waals surface area contributed by atoms with E-state index < -0.39 is 11.9 Å². The molecule has 0 aromatic heterocycles. The Hall–Kier alpha value is -1.94. The third-order valence-corrected chi connectivity index (χ3v) is 3.38. The van der Waals surface area contributed by atoms with E-state index in [9.17, 15) is 8.78 Å². The Morgan fingerprint density at radius 2 is 1.86 bits per heavy atom. The van der Waals surface area contributed by atoms with Crippen molar-refractivity contribution in [3.8, 4) is 5.75 Å². The number of ether oxygens (including phenoxy) is 1. The van der Waals surface area contributed by atoms with Gasteiger partial charge in [0.15, 0.2) is 11.6 Å². The summed E-state index contributed by atoms with van der Waals surface area (Å²) in [6.45, 7) is 4.48. The van der Waals surface area contributed by atoms with Crippen LogP contribution in [0.4, 0.5) is 8.78 Å². The number of hydrogen-bond donors (Lipinski definition) is 1. The number of aryl methyl sites for hydroxylation is 1. The summed E-state index contributed by atoms with van der Waals surface area (Å²) >= 11 is 0. The lowest BCUT2D eigenvalue weighted by Crippen LogP contribution is -2.23. The molecule has 4 heteroatoms. The average molecular weight is 291 g/mol. The Labute approximate surface area is 123 Å². The van der Waals surface area contributed by atoms with E-state index in [0.29, 0.717) is 17.7 Å². The van der Waals surface area contributed by atoms with Crippen LogP contribution in [0.25, 0.3) is 0 Å². The highest BCUT2D eigenvalue weighted by Crippen LogP contribution is 2.28. The number of halogens is 2. The smallest absolute Gasteiger partial charge is 0.165 e. The maximum absolute atomic E-state index is 14.1. The molecule has 2 nitrogen and oxygen atoms in total. The lowest BCUT2D eigenvalue weighted by Gasteiger charge is -2.20. The van der Waals surface area contributed by atoms with Crippen molar-refractivity contribution in [2.45, 2.75) is 19.9 Å². The largest absolute Gasteiger partial charge is 0.494 e. The summed E-state index contributed by atoms with van der Waals surface area (Å²) in [6, 6.07) is 9.24. The van der Waals surface area contributed by atoms with Crippen molar-refractivity contribution in [2.75, 3.05) is 13.7 Å². The Morgan fingerprint density at radius 3 is 2.48 bits per heavy atom. The molecule has 1 unspecified atom stereocenters. The molecule has 1 N–H and O–H groups in total. The van der Waals surface area contributed by atoms with Gasteiger partial charge in [0, 0.05) is 5.56 Å². The molecule has 0 aliphatic carbocycles. The van der Waals surface area contributed by atoms with Gasteiger partial charge >= 0.3 is 0 Å². The quantitative estimate of drug-likeness (QED) is 0.899. The number of nitrogens with one attached hydrogen (secondary N) is 1. The number of rotatable bonds is 5.